The fourth-order valence-electron chi connectivity index (χ4n) is 11.1. The van der Waals surface area contributed by atoms with Gasteiger partial charge in [-0.25, -0.2) is 18.7 Å². The van der Waals surface area contributed by atoms with Crippen molar-refractivity contribution < 1.29 is 18.4 Å². The van der Waals surface area contributed by atoms with Gasteiger partial charge in [-0.3, -0.25) is 28.1 Å². The Bertz CT molecular complexity index is 3410. The van der Waals surface area contributed by atoms with Crippen molar-refractivity contribution in [3.63, 3.8) is 0 Å². The maximum absolute atomic E-state index is 15.6. The molecule has 2 fully saturated rings. The van der Waals surface area contributed by atoms with Gasteiger partial charge in [-0.2, -0.15) is 10.2 Å². The molecule has 2 aliphatic heterocycles. The van der Waals surface area contributed by atoms with E-state index in [1.807, 2.05) is 61.1 Å². The van der Waals surface area contributed by atoms with Crippen molar-refractivity contribution in [3.05, 3.63) is 140 Å². The van der Waals surface area contributed by atoms with Gasteiger partial charge >= 0.3 is 11.4 Å². The topological polar surface area (TPSA) is 159 Å². The third-order valence-electron chi connectivity index (χ3n) is 14.8. The minimum atomic E-state index is -0.830. The van der Waals surface area contributed by atoms with Gasteiger partial charge in [0.2, 0.25) is 0 Å². The Morgan fingerprint density at radius 2 is 1.69 bits per heavy atom. The minimum Gasteiger partial charge on any atom is -0.376 e. The molecule has 352 valence electrons. The van der Waals surface area contributed by atoms with Crippen LogP contribution in [0.1, 0.15) is 103 Å². The zero-order valence-corrected chi connectivity index (χ0v) is 39.7. The summed E-state index contributed by atoms with van der Waals surface area (Å²) in [5.41, 5.74) is 5.64. The number of rotatable bonds is 10. The molecule has 0 unspecified atom stereocenters. The molecule has 17 heteroatoms. The number of nitrogens with one attached hydrogen (secondary N) is 1. The Kier molecular flexibility index (Phi) is 10.2. The van der Waals surface area contributed by atoms with E-state index in [1.165, 1.54) is 5.56 Å². The number of nitrogens with zero attached hydrogens (tertiary/aromatic N) is 10. The second-order valence-electron chi connectivity index (χ2n) is 20.1. The first-order valence-corrected chi connectivity index (χ1v) is 23.5. The van der Waals surface area contributed by atoms with Crippen molar-refractivity contribution in [1.29, 1.82) is 0 Å². The van der Waals surface area contributed by atoms with E-state index < -0.39 is 17.3 Å². The van der Waals surface area contributed by atoms with E-state index in [9.17, 15) is 9.59 Å². The summed E-state index contributed by atoms with van der Waals surface area (Å²) in [4.78, 5) is 49.7. The Morgan fingerprint density at radius 1 is 0.941 bits per heavy atom. The van der Waals surface area contributed by atoms with E-state index in [-0.39, 0.29) is 34.9 Å². The Balaban J connectivity index is 1.03. The molecule has 16 nitrogen and oxygen atoms in total. The summed E-state index contributed by atoms with van der Waals surface area (Å²) in [5, 5.41) is 15.8. The molecule has 7 heterocycles. The highest BCUT2D eigenvalue weighted by Crippen LogP contribution is 2.56. The number of amides is 1. The lowest BCUT2D eigenvalue weighted by atomic mass is 9.83. The molecule has 4 atom stereocenters. The number of hydrogen-bond acceptors (Lipinski definition) is 9. The Hall–Kier alpha value is -6.85. The lowest BCUT2D eigenvalue weighted by Crippen LogP contribution is -2.41. The third-order valence-corrected chi connectivity index (χ3v) is 14.8. The molecule has 68 heavy (non-hydrogen) atoms. The zero-order valence-electron chi connectivity index (χ0n) is 39.7. The van der Waals surface area contributed by atoms with Crippen LogP contribution < -0.4 is 11.4 Å². The summed E-state index contributed by atoms with van der Waals surface area (Å²) in [6.45, 7) is 14.3. The summed E-state index contributed by atoms with van der Waals surface area (Å²) in [5.74, 6) is -0.0264. The molecule has 0 bridgehead atoms. The van der Waals surface area contributed by atoms with Crippen LogP contribution in [0.4, 0.5) is 4.39 Å². The molecular weight excluding hydrogens is 866 g/mol. The molecule has 1 N–H and O–H groups in total. The highest BCUT2D eigenvalue weighted by Gasteiger charge is 2.59. The average Bonchev–Trinajstić information content (AvgIpc) is 3.95. The second kappa shape index (κ2) is 15.9. The molecule has 1 saturated heterocycles. The summed E-state index contributed by atoms with van der Waals surface area (Å²) in [6, 6.07) is 17.2. The smallest absolute Gasteiger partial charge is 0.376 e. The van der Waals surface area contributed by atoms with Crippen LogP contribution in [0.5, 0.6) is 0 Å². The number of aromatic amines is 1. The molecule has 1 aliphatic carbocycles. The maximum atomic E-state index is 15.6. The van der Waals surface area contributed by atoms with Crippen molar-refractivity contribution in [2.75, 3.05) is 33.8 Å². The summed E-state index contributed by atoms with van der Waals surface area (Å²) in [6.07, 6.45) is 8.08. The van der Waals surface area contributed by atoms with Crippen LogP contribution in [0, 0.1) is 25.6 Å². The van der Waals surface area contributed by atoms with Gasteiger partial charge < -0.3 is 19.1 Å². The number of hydrogen-bond donors (Lipinski definition) is 1. The van der Waals surface area contributed by atoms with E-state index in [1.54, 1.807) is 52.2 Å². The van der Waals surface area contributed by atoms with E-state index in [0.717, 1.165) is 53.4 Å². The largest absolute Gasteiger partial charge is 0.438 e. The molecule has 8 aromatic rings. The summed E-state index contributed by atoms with van der Waals surface area (Å²) >= 11 is 0. The fourth-order valence-corrected chi connectivity index (χ4v) is 11.1. The molecule has 1 amide bonds. The minimum absolute atomic E-state index is 0.0232. The van der Waals surface area contributed by atoms with Gasteiger partial charge in [0.25, 0.3) is 5.91 Å². The fraction of sp³-hybridized carbons (Fsp3) is 0.412. The molecule has 0 radical (unpaired) electrons. The molecule has 3 aliphatic rings. The van der Waals surface area contributed by atoms with Crippen molar-refractivity contribution >= 4 is 27.7 Å². The summed E-state index contributed by atoms with van der Waals surface area (Å²) < 4.78 is 35.3. The van der Waals surface area contributed by atoms with Crippen LogP contribution in [-0.2, 0) is 23.2 Å². The van der Waals surface area contributed by atoms with Gasteiger partial charge in [0, 0.05) is 60.4 Å². The number of H-pyrrole nitrogens is 1. The number of carbonyl (C=O) groups excluding carboxylic acids is 1. The molecule has 11 rings (SSSR count). The Morgan fingerprint density at radius 3 is 2.40 bits per heavy atom. The van der Waals surface area contributed by atoms with Crippen molar-refractivity contribution in [3.8, 4) is 17.2 Å². The zero-order chi connectivity index (χ0) is 47.6. The van der Waals surface area contributed by atoms with Crippen molar-refractivity contribution in [2.45, 2.75) is 96.9 Å². The van der Waals surface area contributed by atoms with Crippen LogP contribution in [-0.4, -0.2) is 98.5 Å². The average molecular weight is 922 g/mol. The lowest BCUT2D eigenvalue weighted by Gasteiger charge is -2.35. The normalized spacial score (nSPS) is 21.3. The number of aryl methyl sites for hydroxylation is 2. The number of benzene rings is 3. The number of likely N-dealkylation sites (N-methyl/N-ethyl adjacent to an activating group) is 1. The predicted molar refractivity (Wildman–Crippen MR) is 255 cm³/mol. The number of fused-ring (bicyclic) bond motifs is 3. The number of halogens is 1. The van der Waals surface area contributed by atoms with Crippen LogP contribution in [0.25, 0.3) is 39.0 Å². The number of aromatic nitrogens is 9. The highest BCUT2D eigenvalue weighted by molar-refractivity contribution is 6.00. The van der Waals surface area contributed by atoms with E-state index in [2.05, 4.69) is 63.7 Å². The van der Waals surface area contributed by atoms with Crippen LogP contribution in [0.15, 0.2) is 87.3 Å². The third kappa shape index (κ3) is 6.99. The Labute approximate surface area is 391 Å². The first-order chi connectivity index (χ1) is 32.5. The van der Waals surface area contributed by atoms with Gasteiger partial charge in [-0.05, 0) is 145 Å². The molecule has 5 aromatic heterocycles. The first-order valence-electron chi connectivity index (χ1n) is 23.5. The standard InChI is InChI=1S/C51H56FN11O5/c1-29-21-38(22-30(2)44(29)52)63-45(60-18-17-59(49(60)66)37-10-12-40-36(24-37)28-53-61(40)19-16-57(7)8)43-32(4)58(15-13-39(43)55-63)46(64)42-25-35-23-33(34-14-20-67-50(5,6)27-34)9-11-41(35)62(42)51(26-31(51)3)47-54-48(65)68-56-47/h9-12,17-18,21-25,28,31-32,34H,13-16,19-20,26-27H2,1-8H3,(H,54,56,65)/t31-,32-,34-,51-/m0/s1. The first kappa shape index (κ1) is 43.7. The van der Waals surface area contributed by atoms with Crippen molar-refractivity contribution in [2.24, 2.45) is 5.92 Å². The quantitative estimate of drug-likeness (QED) is 0.148. The van der Waals surface area contributed by atoms with Gasteiger partial charge in [-0.15, -0.1) is 0 Å². The van der Waals surface area contributed by atoms with E-state index in [4.69, 9.17) is 14.4 Å². The molecule has 1 saturated carbocycles. The predicted octanol–water partition coefficient (Wildman–Crippen LogP) is 7.33. The lowest BCUT2D eigenvalue weighted by molar-refractivity contribution is -0.0592. The van der Waals surface area contributed by atoms with Crippen LogP contribution in [0.2, 0.25) is 0 Å². The highest BCUT2D eigenvalue weighted by atomic mass is 19.1. The van der Waals surface area contributed by atoms with Gasteiger partial charge in [0.05, 0.1) is 47.0 Å². The maximum Gasteiger partial charge on any atom is 0.438 e. The van der Waals surface area contributed by atoms with E-state index in [0.29, 0.717) is 71.4 Å². The van der Waals surface area contributed by atoms with Crippen molar-refractivity contribution in [1.82, 2.24) is 53.2 Å². The summed E-state index contributed by atoms with van der Waals surface area (Å²) in [7, 11) is 4.05. The van der Waals surface area contributed by atoms with Gasteiger partial charge in [0.15, 0.2) is 5.82 Å². The number of imidazole rings is 1. The monoisotopic (exact) mass is 921 g/mol. The van der Waals surface area contributed by atoms with Crippen LogP contribution >= 0.6 is 0 Å². The van der Waals surface area contributed by atoms with Gasteiger partial charge in [0.1, 0.15) is 22.9 Å². The number of ether oxygens (including phenoxy) is 1. The molecular formula is C51H56FN11O5. The number of carbonyl (C=O) groups is 1. The van der Waals surface area contributed by atoms with E-state index >= 15 is 9.18 Å². The second-order valence-corrected chi connectivity index (χ2v) is 20.1. The molecule has 3 aromatic carbocycles. The SMILES string of the molecule is Cc1cc(-n2nc3c(c2-n2ccn(-c4ccc5c(cnn5CCN(C)C)c4)c2=O)[C@H](C)N(C(=O)c2cc4cc([C@H]5CCOC(C)(C)C5)ccc4n2[C@@]2(c4noc(=O)[nH]4)C[C@@H]2C)CC3)cc(C)c1F. The van der Waals surface area contributed by atoms with Crippen LogP contribution in [0.3, 0.4) is 0 Å². The molecule has 0 spiro atoms. The van der Waals surface area contributed by atoms with Gasteiger partial charge in [-0.1, -0.05) is 18.1 Å².